The third kappa shape index (κ3) is 5.29. The highest BCUT2D eigenvalue weighted by atomic mass is 32.2. The topological polar surface area (TPSA) is 134 Å². The number of anilines is 1. The molecule has 0 bridgehead atoms. The predicted octanol–water partition coefficient (Wildman–Crippen LogP) is 2.02. The van der Waals surface area contributed by atoms with E-state index in [1.807, 2.05) is 0 Å². The Kier molecular flexibility index (Phi) is 6.44. The maximum absolute atomic E-state index is 12.3. The molecular weight excluding hydrogens is 422 g/mol. The first kappa shape index (κ1) is 22.5. The summed E-state index contributed by atoms with van der Waals surface area (Å²) >= 11 is 0. The van der Waals surface area contributed by atoms with Gasteiger partial charge in [-0.2, -0.15) is 5.10 Å². The van der Waals surface area contributed by atoms with Crippen molar-refractivity contribution >= 4 is 33.2 Å². The SMILES string of the molecule is Cc1oc(-c2cccc(NS(=O)(=O)C(C)C)c2)nc1CNC(=O)C1=NN(C)C(=O)CC1. The van der Waals surface area contributed by atoms with Crippen molar-refractivity contribution in [2.24, 2.45) is 5.10 Å². The number of hydrogen-bond acceptors (Lipinski definition) is 7. The van der Waals surface area contributed by atoms with Gasteiger partial charge in [0, 0.05) is 31.1 Å². The quantitative estimate of drug-likeness (QED) is 0.667. The van der Waals surface area contributed by atoms with Crippen molar-refractivity contribution in [3.05, 3.63) is 35.7 Å². The number of aryl methyl sites for hydroxylation is 1. The lowest BCUT2D eigenvalue weighted by atomic mass is 10.1. The lowest BCUT2D eigenvalue weighted by molar-refractivity contribution is -0.130. The summed E-state index contributed by atoms with van der Waals surface area (Å²) in [5, 5.41) is 7.33. The Morgan fingerprint density at radius 1 is 1.29 bits per heavy atom. The van der Waals surface area contributed by atoms with E-state index in [2.05, 4.69) is 20.1 Å². The van der Waals surface area contributed by atoms with Gasteiger partial charge >= 0.3 is 0 Å². The van der Waals surface area contributed by atoms with Crippen molar-refractivity contribution in [1.82, 2.24) is 15.3 Å². The number of carbonyl (C=O) groups is 2. The van der Waals surface area contributed by atoms with Gasteiger partial charge in [-0.15, -0.1) is 0 Å². The molecule has 0 saturated carbocycles. The summed E-state index contributed by atoms with van der Waals surface area (Å²) in [4.78, 5) is 28.3. The number of sulfonamides is 1. The summed E-state index contributed by atoms with van der Waals surface area (Å²) < 4.78 is 32.5. The van der Waals surface area contributed by atoms with Gasteiger partial charge in [0.05, 0.1) is 11.8 Å². The van der Waals surface area contributed by atoms with E-state index in [1.54, 1.807) is 45.0 Å². The van der Waals surface area contributed by atoms with Crippen LogP contribution < -0.4 is 10.0 Å². The van der Waals surface area contributed by atoms with Crippen molar-refractivity contribution in [1.29, 1.82) is 0 Å². The zero-order valence-corrected chi connectivity index (χ0v) is 18.6. The van der Waals surface area contributed by atoms with E-state index in [-0.39, 0.29) is 36.9 Å². The van der Waals surface area contributed by atoms with Gasteiger partial charge in [0.25, 0.3) is 5.91 Å². The van der Waals surface area contributed by atoms with Crippen LogP contribution in [0.1, 0.15) is 38.1 Å². The number of nitrogens with one attached hydrogen (secondary N) is 2. The molecule has 1 aromatic heterocycles. The molecule has 0 spiro atoms. The Hall–Kier alpha value is -3.21. The molecule has 0 saturated heterocycles. The second kappa shape index (κ2) is 8.88. The zero-order chi connectivity index (χ0) is 22.8. The van der Waals surface area contributed by atoms with E-state index in [0.29, 0.717) is 28.6 Å². The van der Waals surface area contributed by atoms with Crippen molar-refractivity contribution < 1.29 is 22.4 Å². The number of oxazole rings is 1. The zero-order valence-electron chi connectivity index (χ0n) is 17.8. The number of hydrogen-bond donors (Lipinski definition) is 2. The molecule has 31 heavy (non-hydrogen) atoms. The molecule has 2 amide bonds. The number of aromatic nitrogens is 1. The first-order chi connectivity index (χ1) is 14.6. The van der Waals surface area contributed by atoms with Crippen molar-refractivity contribution in [2.45, 2.75) is 45.4 Å². The predicted molar refractivity (Wildman–Crippen MR) is 116 cm³/mol. The second-order valence-corrected chi connectivity index (χ2v) is 9.68. The summed E-state index contributed by atoms with van der Waals surface area (Å²) in [5.41, 5.74) is 1.83. The van der Waals surface area contributed by atoms with Gasteiger partial charge in [-0.1, -0.05) is 6.07 Å². The minimum atomic E-state index is -3.47. The minimum Gasteiger partial charge on any atom is -0.441 e. The van der Waals surface area contributed by atoms with E-state index >= 15 is 0 Å². The molecule has 166 valence electrons. The van der Waals surface area contributed by atoms with Crippen molar-refractivity contribution in [3.63, 3.8) is 0 Å². The molecule has 1 aliphatic rings. The summed E-state index contributed by atoms with van der Waals surface area (Å²) in [6.07, 6.45) is 0.532. The lowest BCUT2D eigenvalue weighted by Crippen LogP contribution is -2.37. The fourth-order valence-corrected chi connectivity index (χ4v) is 3.50. The molecule has 2 N–H and O–H groups in total. The summed E-state index contributed by atoms with van der Waals surface area (Å²) in [6, 6.07) is 6.74. The fraction of sp³-hybridized carbons (Fsp3) is 0.400. The average molecular weight is 448 g/mol. The maximum Gasteiger partial charge on any atom is 0.267 e. The molecule has 2 aromatic rings. The molecule has 11 heteroatoms. The molecular formula is C20H25N5O5S. The van der Waals surface area contributed by atoms with Gasteiger partial charge in [-0.3, -0.25) is 14.3 Å². The standard InChI is InChI=1S/C20H25N5O5S/c1-12(2)31(28,29)24-15-7-5-6-14(10-15)20-22-17(13(3)30-20)11-21-19(27)16-8-9-18(26)25(4)23-16/h5-7,10,12,24H,8-9,11H2,1-4H3,(H,21,27). The van der Waals surface area contributed by atoms with Crippen LogP contribution in [0.2, 0.25) is 0 Å². The van der Waals surface area contributed by atoms with Gasteiger partial charge in [0.15, 0.2) is 0 Å². The molecule has 3 rings (SSSR count). The second-order valence-electron chi connectivity index (χ2n) is 7.45. The van der Waals surface area contributed by atoms with Gasteiger partial charge in [0.2, 0.25) is 21.8 Å². The third-order valence-corrected chi connectivity index (χ3v) is 6.53. The van der Waals surface area contributed by atoms with Crippen LogP contribution in [0.25, 0.3) is 11.5 Å². The monoisotopic (exact) mass is 447 g/mol. The van der Waals surface area contributed by atoms with Crippen LogP contribution in [-0.4, -0.2) is 48.2 Å². The molecule has 0 aliphatic carbocycles. The highest BCUT2D eigenvalue weighted by Crippen LogP contribution is 2.25. The Morgan fingerprint density at radius 3 is 2.71 bits per heavy atom. The van der Waals surface area contributed by atoms with E-state index in [0.717, 1.165) is 0 Å². The van der Waals surface area contributed by atoms with Crippen LogP contribution >= 0.6 is 0 Å². The number of amides is 2. The Labute approximate surface area is 180 Å². The van der Waals surface area contributed by atoms with Crippen LogP contribution in [0.5, 0.6) is 0 Å². The average Bonchev–Trinajstić information content (AvgIpc) is 3.08. The number of carbonyl (C=O) groups excluding carboxylic acids is 2. The minimum absolute atomic E-state index is 0.129. The van der Waals surface area contributed by atoms with Gasteiger partial charge < -0.3 is 9.73 Å². The molecule has 2 heterocycles. The van der Waals surface area contributed by atoms with Gasteiger partial charge in [-0.05, 0) is 39.0 Å². The van der Waals surface area contributed by atoms with Gasteiger partial charge in [0.1, 0.15) is 17.2 Å². The third-order valence-electron chi connectivity index (χ3n) is 4.77. The first-order valence-corrected chi connectivity index (χ1v) is 11.3. The van der Waals surface area contributed by atoms with E-state index < -0.39 is 15.3 Å². The van der Waals surface area contributed by atoms with Crippen molar-refractivity contribution in [2.75, 3.05) is 11.8 Å². The summed E-state index contributed by atoms with van der Waals surface area (Å²) in [6.45, 7) is 5.05. The molecule has 10 nitrogen and oxygen atoms in total. The van der Waals surface area contributed by atoms with E-state index in [4.69, 9.17) is 4.42 Å². The smallest absolute Gasteiger partial charge is 0.267 e. The Bertz CT molecular complexity index is 1140. The molecule has 0 unspecified atom stereocenters. The lowest BCUT2D eigenvalue weighted by Gasteiger charge is -2.18. The molecule has 0 atom stereocenters. The van der Waals surface area contributed by atoms with Crippen LogP contribution in [-0.2, 0) is 26.2 Å². The molecule has 0 radical (unpaired) electrons. The number of hydrazone groups is 1. The number of nitrogens with zero attached hydrogens (tertiary/aromatic N) is 3. The Morgan fingerprint density at radius 2 is 2.03 bits per heavy atom. The number of benzene rings is 1. The van der Waals surface area contributed by atoms with Crippen LogP contribution in [0.15, 0.2) is 33.8 Å². The first-order valence-electron chi connectivity index (χ1n) is 9.77. The van der Waals surface area contributed by atoms with Crippen LogP contribution in [0.3, 0.4) is 0 Å². The number of rotatable bonds is 7. The van der Waals surface area contributed by atoms with Crippen LogP contribution in [0, 0.1) is 6.92 Å². The van der Waals surface area contributed by atoms with E-state index in [1.165, 1.54) is 12.1 Å². The van der Waals surface area contributed by atoms with Crippen LogP contribution in [0.4, 0.5) is 5.69 Å². The largest absolute Gasteiger partial charge is 0.441 e. The maximum atomic E-state index is 12.3. The molecule has 1 aromatic carbocycles. The van der Waals surface area contributed by atoms with E-state index in [9.17, 15) is 18.0 Å². The fourth-order valence-electron chi connectivity index (χ4n) is 2.81. The molecule has 1 aliphatic heterocycles. The summed E-state index contributed by atoms with van der Waals surface area (Å²) in [7, 11) is -1.96. The highest BCUT2D eigenvalue weighted by Gasteiger charge is 2.22. The van der Waals surface area contributed by atoms with Gasteiger partial charge in [-0.25, -0.2) is 18.4 Å². The summed E-state index contributed by atoms with van der Waals surface area (Å²) in [5.74, 6) is 0.342. The Balaban J connectivity index is 1.71. The van der Waals surface area contributed by atoms with Crippen molar-refractivity contribution in [3.8, 4) is 11.5 Å². The normalized spacial score (nSPS) is 14.5. The highest BCUT2D eigenvalue weighted by molar-refractivity contribution is 7.93. The molecule has 0 fully saturated rings.